The SMILES string of the molecule is CC1CC=NC(C(Cc2cccc(F)c2)NC(=O)Cn2c(=O)[nH]c3ccccc32)=C1C1=CC(C(N)=O)=C(F)CC1. The van der Waals surface area contributed by atoms with Crippen molar-refractivity contribution < 1.29 is 18.4 Å². The fraction of sp³-hybridized carbons (Fsp3) is 0.267. The fourth-order valence-electron chi connectivity index (χ4n) is 5.39. The lowest BCUT2D eigenvalue weighted by Crippen LogP contribution is -2.42. The molecule has 10 heteroatoms. The zero-order valence-electron chi connectivity index (χ0n) is 21.9. The Hall–Kier alpha value is -4.60. The number of aromatic nitrogens is 2. The number of amides is 2. The highest BCUT2D eigenvalue weighted by Crippen LogP contribution is 2.38. The molecule has 2 amide bonds. The zero-order chi connectivity index (χ0) is 28.4. The van der Waals surface area contributed by atoms with Crippen LogP contribution in [-0.4, -0.2) is 33.6 Å². The number of halogens is 2. The van der Waals surface area contributed by atoms with Crippen molar-refractivity contribution in [2.75, 3.05) is 0 Å². The molecule has 2 aliphatic rings. The van der Waals surface area contributed by atoms with E-state index < -0.39 is 35.2 Å². The number of carbonyl (C=O) groups is 2. The van der Waals surface area contributed by atoms with Gasteiger partial charge in [0.1, 0.15) is 18.2 Å². The summed E-state index contributed by atoms with van der Waals surface area (Å²) in [6.07, 6.45) is 4.43. The lowest BCUT2D eigenvalue weighted by molar-refractivity contribution is -0.122. The predicted octanol–water partition coefficient (Wildman–Crippen LogP) is 3.99. The Morgan fingerprint density at radius 1 is 1.18 bits per heavy atom. The number of aliphatic imine (C=N–C) groups is 1. The third kappa shape index (κ3) is 5.56. The number of carbonyl (C=O) groups excluding carboxylic acids is 2. The summed E-state index contributed by atoms with van der Waals surface area (Å²) in [6.45, 7) is 1.75. The van der Waals surface area contributed by atoms with Crippen molar-refractivity contribution in [2.45, 2.75) is 45.2 Å². The van der Waals surface area contributed by atoms with E-state index in [0.29, 0.717) is 35.1 Å². The standard InChI is InChI=1S/C30H29F2N5O3/c1-17-11-12-34-28(27(17)19-9-10-22(32)21(15-19)29(33)39)24(14-18-5-4-6-20(31)13-18)35-26(38)16-37-25-8-3-2-7-23(25)36-30(37)40/h2-8,12-13,15,17,24H,9-11,14,16H2,1H3,(H2,33,39)(H,35,38)(H,36,40). The van der Waals surface area contributed by atoms with Crippen LogP contribution >= 0.6 is 0 Å². The fourth-order valence-corrected chi connectivity index (χ4v) is 5.39. The quantitative estimate of drug-likeness (QED) is 0.397. The number of allylic oxidation sites excluding steroid dienone is 3. The average Bonchev–Trinajstić information content (AvgIpc) is 3.23. The Bertz CT molecular complexity index is 1680. The summed E-state index contributed by atoms with van der Waals surface area (Å²) in [5.74, 6) is -2.30. The number of imidazole rings is 1. The van der Waals surface area contributed by atoms with Gasteiger partial charge in [-0.1, -0.05) is 31.2 Å². The Kier molecular flexibility index (Phi) is 7.59. The molecule has 5 rings (SSSR count). The van der Waals surface area contributed by atoms with Gasteiger partial charge in [-0.05, 0) is 72.2 Å². The summed E-state index contributed by atoms with van der Waals surface area (Å²) in [4.78, 5) is 45.3. The van der Waals surface area contributed by atoms with Crippen molar-refractivity contribution in [3.05, 3.63) is 105 Å². The number of H-pyrrole nitrogens is 1. The molecule has 0 saturated carbocycles. The monoisotopic (exact) mass is 545 g/mol. The second-order valence-electron chi connectivity index (χ2n) is 10.1. The first kappa shape index (κ1) is 27.0. The number of benzene rings is 2. The van der Waals surface area contributed by atoms with Crippen LogP contribution in [0, 0.1) is 11.7 Å². The number of nitrogens with one attached hydrogen (secondary N) is 2. The van der Waals surface area contributed by atoms with Gasteiger partial charge in [0.25, 0.3) is 5.91 Å². The Balaban J connectivity index is 1.55. The molecule has 2 unspecified atom stereocenters. The number of rotatable bonds is 8. The highest BCUT2D eigenvalue weighted by molar-refractivity contribution is 5.96. The maximum absolute atomic E-state index is 14.4. The molecular formula is C30H29F2N5O3. The van der Waals surface area contributed by atoms with E-state index in [1.807, 2.05) is 6.92 Å². The lowest BCUT2D eigenvalue weighted by Gasteiger charge is -2.30. The Morgan fingerprint density at radius 3 is 2.75 bits per heavy atom. The lowest BCUT2D eigenvalue weighted by atomic mass is 9.81. The molecule has 1 aliphatic heterocycles. The minimum Gasteiger partial charge on any atom is -0.366 e. The van der Waals surface area contributed by atoms with Crippen LogP contribution in [0.1, 0.15) is 31.7 Å². The predicted molar refractivity (Wildman–Crippen MR) is 149 cm³/mol. The van der Waals surface area contributed by atoms with E-state index in [0.717, 1.165) is 11.1 Å². The van der Waals surface area contributed by atoms with Crippen molar-refractivity contribution >= 4 is 29.1 Å². The first-order valence-electron chi connectivity index (χ1n) is 13.1. The first-order chi connectivity index (χ1) is 19.2. The maximum atomic E-state index is 14.4. The van der Waals surface area contributed by atoms with Crippen molar-refractivity contribution in [3.63, 3.8) is 0 Å². The number of nitrogens with zero attached hydrogens (tertiary/aromatic N) is 2. The van der Waals surface area contributed by atoms with Gasteiger partial charge in [-0.3, -0.25) is 19.1 Å². The largest absolute Gasteiger partial charge is 0.366 e. The number of hydrogen-bond donors (Lipinski definition) is 3. The molecular weight excluding hydrogens is 516 g/mol. The minimum absolute atomic E-state index is 0.0295. The second kappa shape index (κ2) is 11.3. The van der Waals surface area contributed by atoms with Crippen LogP contribution < -0.4 is 16.7 Å². The molecule has 0 spiro atoms. The molecule has 206 valence electrons. The van der Waals surface area contributed by atoms with Gasteiger partial charge in [0.2, 0.25) is 5.91 Å². The second-order valence-corrected chi connectivity index (χ2v) is 10.1. The van der Waals surface area contributed by atoms with Gasteiger partial charge in [-0.15, -0.1) is 0 Å². The average molecular weight is 546 g/mol. The van der Waals surface area contributed by atoms with E-state index in [1.165, 1.54) is 22.8 Å². The van der Waals surface area contributed by atoms with E-state index in [-0.39, 0.29) is 30.9 Å². The summed E-state index contributed by atoms with van der Waals surface area (Å²) in [5.41, 5.74) is 8.74. The van der Waals surface area contributed by atoms with Gasteiger partial charge in [0.05, 0.1) is 28.3 Å². The molecule has 1 aliphatic carbocycles. The molecule has 0 bridgehead atoms. The number of aromatic amines is 1. The maximum Gasteiger partial charge on any atom is 0.326 e. The number of para-hydroxylation sites is 2. The van der Waals surface area contributed by atoms with Gasteiger partial charge in [0.15, 0.2) is 0 Å². The Labute approximate surface area is 229 Å². The highest BCUT2D eigenvalue weighted by atomic mass is 19.1. The highest BCUT2D eigenvalue weighted by Gasteiger charge is 2.30. The van der Waals surface area contributed by atoms with Gasteiger partial charge in [-0.25, -0.2) is 13.6 Å². The molecule has 8 nitrogen and oxygen atoms in total. The van der Waals surface area contributed by atoms with Crippen LogP contribution in [0.15, 0.2) is 92.6 Å². The number of primary amides is 1. The first-order valence-corrected chi connectivity index (χ1v) is 13.1. The van der Waals surface area contributed by atoms with Crippen LogP contribution in [0.2, 0.25) is 0 Å². The zero-order valence-corrected chi connectivity index (χ0v) is 21.9. The van der Waals surface area contributed by atoms with E-state index in [1.54, 1.807) is 42.6 Å². The third-order valence-electron chi connectivity index (χ3n) is 7.27. The van der Waals surface area contributed by atoms with E-state index in [2.05, 4.69) is 15.3 Å². The molecule has 4 N–H and O–H groups in total. The van der Waals surface area contributed by atoms with Gasteiger partial charge in [0, 0.05) is 12.6 Å². The smallest absolute Gasteiger partial charge is 0.326 e. The molecule has 40 heavy (non-hydrogen) atoms. The van der Waals surface area contributed by atoms with Gasteiger partial charge in [-0.2, -0.15) is 0 Å². The van der Waals surface area contributed by atoms with Crippen LogP contribution in [0.5, 0.6) is 0 Å². The van der Waals surface area contributed by atoms with E-state index in [4.69, 9.17) is 5.73 Å². The molecule has 1 aromatic heterocycles. The molecule has 0 fully saturated rings. The summed E-state index contributed by atoms with van der Waals surface area (Å²) in [6, 6.07) is 12.4. The summed E-state index contributed by atoms with van der Waals surface area (Å²) < 4.78 is 29.8. The van der Waals surface area contributed by atoms with Crippen LogP contribution in [0.3, 0.4) is 0 Å². The van der Waals surface area contributed by atoms with Crippen LogP contribution in [0.4, 0.5) is 8.78 Å². The summed E-state index contributed by atoms with van der Waals surface area (Å²) in [7, 11) is 0. The molecule has 2 heterocycles. The Morgan fingerprint density at radius 2 is 1.98 bits per heavy atom. The van der Waals surface area contributed by atoms with Gasteiger partial charge >= 0.3 is 5.69 Å². The molecule has 2 atom stereocenters. The number of nitrogens with two attached hydrogens (primary N) is 1. The van der Waals surface area contributed by atoms with Crippen LogP contribution in [-0.2, 0) is 22.6 Å². The minimum atomic E-state index is -0.849. The topological polar surface area (TPSA) is 122 Å². The van der Waals surface area contributed by atoms with E-state index in [9.17, 15) is 23.2 Å². The van der Waals surface area contributed by atoms with Gasteiger partial charge < -0.3 is 16.0 Å². The number of hydrogen-bond acceptors (Lipinski definition) is 4. The summed E-state index contributed by atoms with van der Waals surface area (Å²) >= 11 is 0. The molecule has 0 radical (unpaired) electrons. The van der Waals surface area contributed by atoms with E-state index >= 15 is 0 Å². The third-order valence-corrected chi connectivity index (χ3v) is 7.27. The van der Waals surface area contributed by atoms with Crippen molar-refractivity contribution in [2.24, 2.45) is 16.6 Å². The molecule has 3 aromatic rings. The van der Waals surface area contributed by atoms with Crippen molar-refractivity contribution in [1.82, 2.24) is 14.9 Å². The van der Waals surface area contributed by atoms with Crippen molar-refractivity contribution in [3.8, 4) is 0 Å². The normalized spacial score (nSPS) is 18.2. The molecule has 0 saturated heterocycles. The molecule has 2 aromatic carbocycles. The summed E-state index contributed by atoms with van der Waals surface area (Å²) in [5, 5.41) is 3.01. The van der Waals surface area contributed by atoms with Crippen LogP contribution in [0.25, 0.3) is 11.0 Å². The number of fused-ring (bicyclic) bond motifs is 1. The van der Waals surface area contributed by atoms with Crippen molar-refractivity contribution in [1.29, 1.82) is 0 Å².